The van der Waals surface area contributed by atoms with Crippen LogP contribution >= 0.6 is 0 Å². The molecule has 4 nitrogen and oxygen atoms in total. The van der Waals surface area contributed by atoms with Crippen molar-refractivity contribution in [3.05, 3.63) is 29.6 Å². The molecule has 0 atom stereocenters. The largest absolute Gasteiger partial charge is 0.495 e. The second-order valence-corrected chi connectivity index (χ2v) is 5.23. The standard InChI is InChI=1S/C15H18F2N2O2/c1-21-13-9-19-12(14(18)20)8-11(13)3-2-10-4-6-15(16,17)7-5-10/h2-3,8-10H,4-7H2,1H3,(H2,18,20). The molecule has 0 saturated heterocycles. The SMILES string of the molecule is COc1cnc(C(N)=O)cc1C=CC1CCC(F)(F)CC1. The van der Waals surface area contributed by atoms with E-state index in [-0.39, 0.29) is 24.5 Å². The molecule has 114 valence electrons. The highest BCUT2D eigenvalue weighted by molar-refractivity contribution is 5.91. The number of pyridine rings is 1. The predicted octanol–water partition coefficient (Wildman–Crippen LogP) is 3.03. The van der Waals surface area contributed by atoms with Crippen molar-refractivity contribution in [3.63, 3.8) is 0 Å². The molecule has 0 radical (unpaired) electrons. The Morgan fingerprint density at radius 1 is 1.48 bits per heavy atom. The molecule has 0 aromatic carbocycles. The Balaban J connectivity index is 2.13. The number of allylic oxidation sites excluding steroid dienone is 1. The predicted molar refractivity (Wildman–Crippen MR) is 75.2 cm³/mol. The minimum Gasteiger partial charge on any atom is -0.495 e. The molecule has 1 saturated carbocycles. The third kappa shape index (κ3) is 4.00. The van der Waals surface area contributed by atoms with Gasteiger partial charge < -0.3 is 10.5 Å². The fourth-order valence-corrected chi connectivity index (χ4v) is 2.39. The van der Waals surface area contributed by atoms with Gasteiger partial charge in [0.15, 0.2) is 0 Å². The van der Waals surface area contributed by atoms with E-state index in [4.69, 9.17) is 10.5 Å². The van der Waals surface area contributed by atoms with E-state index < -0.39 is 11.8 Å². The fourth-order valence-electron chi connectivity index (χ4n) is 2.39. The number of ether oxygens (including phenoxy) is 1. The van der Waals surface area contributed by atoms with Gasteiger partial charge in [-0.25, -0.2) is 13.8 Å². The number of alkyl halides is 2. The highest BCUT2D eigenvalue weighted by Crippen LogP contribution is 2.37. The smallest absolute Gasteiger partial charge is 0.267 e. The first-order valence-corrected chi connectivity index (χ1v) is 6.81. The lowest BCUT2D eigenvalue weighted by molar-refractivity contribution is -0.0410. The van der Waals surface area contributed by atoms with Crippen LogP contribution in [-0.2, 0) is 0 Å². The van der Waals surface area contributed by atoms with Crippen LogP contribution in [0.15, 0.2) is 18.3 Å². The van der Waals surface area contributed by atoms with Crippen LogP contribution in [0.4, 0.5) is 8.78 Å². The van der Waals surface area contributed by atoms with Crippen LogP contribution in [0.5, 0.6) is 5.75 Å². The molecular formula is C15H18F2N2O2. The number of aromatic nitrogens is 1. The van der Waals surface area contributed by atoms with Crippen molar-refractivity contribution in [2.75, 3.05) is 7.11 Å². The summed E-state index contributed by atoms with van der Waals surface area (Å²) in [6.07, 6.45) is 5.84. The molecule has 0 aliphatic heterocycles. The molecule has 2 N–H and O–H groups in total. The summed E-state index contributed by atoms with van der Waals surface area (Å²) < 4.78 is 31.4. The van der Waals surface area contributed by atoms with Gasteiger partial charge in [-0.3, -0.25) is 4.79 Å². The van der Waals surface area contributed by atoms with Crippen LogP contribution in [0, 0.1) is 5.92 Å². The van der Waals surface area contributed by atoms with Crippen molar-refractivity contribution in [2.24, 2.45) is 11.7 Å². The third-order valence-electron chi connectivity index (χ3n) is 3.68. The Hall–Kier alpha value is -1.98. The Morgan fingerprint density at radius 2 is 2.14 bits per heavy atom. The molecule has 1 heterocycles. The van der Waals surface area contributed by atoms with E-state index in [0.29, 0.717) is 24.2 Å². The first-order chi connectivity index (χ1) is 9.91. The van der Waals surface area contributed by atoms with Gasteiger partial charge in [0.1, 0.15) is 11.4 Å². The topological polar surface area (TPSA) is 65.2 Å². The third-order valence-corrected chi connectivity index (χ3v) is 3.68. The van der Waals surface area contributed by atoms with E-state index in [1.165, 1.54) is 19.4 Å². The molecule has 0 spiro atoms. The molecule has 2 rings (SSSR count). The second-order valence-electron chi connectivity index (χ2n) is 5.23. The summed E-state index contributed by atoms with van der Waals surface area (Å²) in [6, 6.07) is 1.54. The minimum atomic E-state index is -2.53. The fraction of sp³-hybridized carbons (Fsp3) is 0.467. The Morgan fingerprint density at radius 3 is 2.71 bits per heavy atom. The molecule has 1 fully saturated rings. The molecule has 21 heavy (non-hydrogen) atoms. The quantitative estimate of drug-likeness (QED) is 0.928. The monoisotopic (exact) mass is 296 g/mol. The zero-order valence-electron chi connectivity index (χ0n) is 11.8. The number of nitrogens with zero attached hydrogens (tertiary/aromatic N) is 1. The number of methoxy groups -OCH3 is 1. The van der Waals surface area contributed by atoms with Crippen LogP contribution < -0.4 is 10.5 Å². The van der Waals surface area contributed by atoms with Crippen molar-refractivity contribution in [1.82, 2.24) is 4.98 Å². The highest BCUT2D eigenvalue weighted by atomic mass is 19.3. The van der Waals surface area contributed by atoms with Gasteiger partial charge in [-0.1, -0.05) is 12.2 Å². The molecule has 1 aromatic heterocycles. The van der Waals surface area contributed by atoms with E-state index in [0.717, 1.165) is 0 Å². The summed E-state index contributed by atoms with van der Waals surface area (Å²) in [6.45, 7) is 0. The maximum Gasteiger partial charge on any atom is 0.267 e. The van der Waals surface area contributed by atoms with Crippen LogP contribution in [-0.4, -0.2) is 23.9 Å². The van der Waals surface area contributed by atoms with Gasteiger partial charge in [-0.15, -0.1) is 0 Å². The van der Waals surface area contributed by atoms with E-state index >= 15 is 0 Å². The lowest BCUT2D eigenvalue weighted by Gasteiger charge is -2.26. The number of hydrogen-bond acceptors (Lipinski definition) is 3. The lowest BCUT2D eigenvalue weighted by atomic mass is 9.86. The zero-order valence-corrected chi connectivity index (χ0v) is 11.8. The van der Waals surface area contributed by atoms with Crippen molar-refractivity contribution >= 4 is 12.0 Å². The summed E-state index contributed by atoms with van der Waals surface area (Å²) in [5.74, 6) is -2.53. The molecule has 0 unspecified atom stereocenters. The van der Waals surface area contributed by atoms with Gasteiger partial charge in [0.2, 0.25) is 5.92 Å². The molecular weight excluding hydrogens is 278 g/mol. The number of amides is 1. The number of halogens is 2. The van der Waals surface area contributed by atoms with Gasteiger partial charge in [-0.2, -0.15) is 0 Å². The van der Waals surface area contributed by atoms with Gasteiger partial charge in [-0.05, 0) is 24.8 Å². The normalized spacial score (nSPS) is 18.8. The van der Waals surface area contributed by atoms with Gasteiger partial charge in [0.05, 0.1) is 13.3 Å². The highest BCUT2D eigenvalue weighted by Gasteiger charge is 2.33. The number of primary amides is 1. The maximum atomic E-state index is 13.1. The number of hydrogen-bond donors (Lipinski definition) is 1. The van der Waals surface area contributed by atoms with Crippen molar-refractivity contribution in [1.29, 1.82) is 0 Å². The summed E-state index contributed by atoms with van der Waals surface area (Å²) in [4.78, 5) is 15.0. The summed E-state index contributed by atoms with van der Waals surface area (Å²) >= 11 is 0. The van der Waals surface area contributed by atoms with E-state index in [1.807, 2.05) is 6.08 Å². The summed E-state index contributed by atoms with van der Waals surface area (Å²) in [5.41, 5.74) is 6.00. The average molecular weight is 296 g/mol. The van der Waals surface area contributed by atoms with E-state index in [1.54, 1.807) is 6.08 Å². The van der Waals surface area contributed by atoms with Crippen LogP contribution in [0.3, 0.4) is 0 Å². The lowest BCUT2D eigenvalue weighted by Crippen LogP contribution is -2.23. The minimum absolute atomic E-state index is 0.0813. The second kappa shape index (κ2) is 6.20. The Kier molecular flexibility index (Phi) is 4.55. The van der Waals surface area contributed by atoms with Gasteiger partial charge >= 0.3 is 0 Å². The van der Waals surface area contributed by atoms with Gasteiger partial charge in [0.25, 0.3) is 5.91 Å². The van der Waals surface area contributed by atoms with Crippen LogP contribution in [0.1, 0.15) is 41.7 Å². The number of carbonyl (C=O) groups excluding carboxylic acids is 1. The maximum absolute atomic E-state index is 13.1. The van der Waals surface area contributed by atoms with E-state index in [2.05, 4.69) is 4.98 Å². The molecule has 6 heteroatoms. The Labute approximate surface area is 122 Å². The van der Waals surface area contributed by atoms with E-state index in [9.17, 15) is 13.6 Å². The van der Waals surface area contributed by atoms with Crippen LogP contribution in [0.25, 0.3) is 6.08 Å². The molecule has 0 bridgehead atoms. The van der Waals surface area contributed by atoms with Crippen LogP contribution in [0.2, 0.25) is 0 Å². The first kappa shape index (κ1) is 15.4. The summed E-state index contributed by atoms with van der Waals surface area (Å²) in [5, 5.41) is 0. The van der Waals surface area contributed by atoms with Crippen molar-refractivity contribution in [3.8, 4) is 5.75 Å². The Bertz CT molecular complexity index is 549. The molecule has 1 amide bonds. The van der Waals surface area contributed by atoms with Crippen molar-refractivity contribution < 1.29 is 18.3 Å². The number of rotatable bonds is 4. The average Bonchev–Trinajstić information content (AvgIpc) is 2.45. The number of nitrogens with two attached hydrogens (primary N) is 1. The molecule has 1 aromatic rings. The molecule has 1 aliphatic rings. The first-order valence-electron chi connectivity index (χ1n) is 6.81. The van der Waals surface area contributed by atoms with Gasteiger partial charge in [0, 0.05) is 18.4 Å². The number of carbonyl (C=O) groups is 1. The zero-order chi connectivity index (χ0) is 15.5. The van der Waals surface area contributed by atoms with Crippen molar-refractivity contribution in [2.45, 2.75) is 31.6 Å². The molecule has 1 aliphatic carbocycles. The summed E-state index contributed by atoms with van der Waals surface area (Å²) in [7, 11) is 1.50.